The number of hydrogen-bond donors (Lipinski definition) is 0. The van der Waals surface area contributed by atoms with Gasteiger partial charge in [0.2, 0.25) is 5.91 Å². The van der Waals surface area contributed by atoms with E-state index in [4.69, 9.17) is 9.47 Å². The molecule has 0 N–H and O–H groups in total. The van der Waals surface area contributed by atoms with E-state index in [2.05, 4.69) is 0 Å². The van der Waals surface area contributed by atoms with Crippen LogP contribution >= 0.6 is 0 Å². The first kappa shape index (κ1) is 18.5. The van der Waals surface area contributed by atoms with Crippen molar-refractivity contribution in [2.75, 3.05) is 27.3 Å². The molecule has 1 aliphatic rings. The van der Waals surface area contributed by atoms with Crippen molar-refractivity contribution in [2.24, 2.45) is 5.92 Å². The van der Waals surface area contributed by atoms with Crippen molar-refractivity contribution in [1.29, 1.82) is 5.26 Å². The first-order valence-corrected chi connectivity index (χ1v) is 8.23. The standard InChI is InChI=1S/C19H22N2O4/c1-24-17-9-7-14(12-18(17)25-2)6-8-16(22)15(13-20)19(23)21-10-4-3-5-11-21/h6-9,12,15H,3-5,10-11H2,1-2H3/b8-6-/t15-/m1/s1. The lowest BCUT2D eigenvalue weighted by Crippen LogP contribution is -2.41. The predicted octanol–water partition coefficient (Wildman–Crippen LogP) is 2.44. The van der Waals surface area contributed by atoms with Crippen LogP contribution in [0.25, 0.3) is 6.08 Å². The number of nitriles is 1. The Labute approximate surface area is 147 Å². The van der Waals surface area contributed by atoms with Gasteiger partial charge in [-0.05, 0) is 43.0 Å². The third kappa shape index (κ3) is 4.60. The zero-order chi connectivity index (χ0) is 18.2. The topological polar surface area (TPSA) is 79.6 Å². The summed E-state index contributed by atoms with van der Waals surface area (Å²) in [5, 5.41) is 9.26. The van der Waals surface area contributed by atoms with Crippen LogP contribution < -0.4 is 9.47 Å². The Morgan fingerprint density at radius 3 is 2.44 bits per heavy atom. The molecule has 0 aliphatic carbocycles. The number of carbonyl (C=O) groups excluding carboxylic acids is 2. The maximum absolute atomic E-state index is 12.4. The van der Waals surface area contributed by atoms with E-state index in [-0.39, 0.29) is 0 Å². The molecule has 132 valence electrons. The molecule has 6 heteroatoms. The molecule has 0 unspecified atom stereocenters. The molecule has 1 aromatic rings. The maximum Gasteiger partial charge on any atom is 0.247 e. The van der Waals surface area contributed by atoms with Crippen LogP contribution in [0, 0.1) is 17.2 Å². The smallest absolute Gasteiger partial charge is 0.247 e. The highest BCUT2D eigenvalue weighted by Crippen LogP contribution is 2.28. The van der Waals surface area contributed by atoms with E-state index in [9.17, 15) is 14.9 Å². The van der Waals surface area contributed by atoms with Crippen molar-refractivity contribution in [1.82, 2.24) is 4.90 Å². The molecule has 1 atom stereocenters. The summed E-state index contributed by atoms with van der Waals surface area (Å²) in [6, 6.07) is 7.05. The SMILES string of the molecule is COc1ccc(/C=C\C(=O)[C@@H](C#N)C(=O)N2CCCCC2)cc1OC. The fraction of sp³-hybridized carbons (Fsp3) is 0.421. The summed E-state index contributed by atoms with van der Waals surface area (Å²) in [5.74, 6) is -1.06. The quantitative estimate of drug-likeness (QED) is 0.586. The van der Waals surface area contributed by atoms with E-state index in [0.717, 1.165) is 19.3 Å². The van der Waals surface area contributed by atoms with Gasteiger partial charge in [0.1, 0.15) is 0 Å². The highest BCUT2D eigenvalue weighted by Gasteiger charge is 2.29. The molecule has 25 heavy (non-hydrogen) atoms. The lowest BCUT2D eigenvalue weighted by Gasteiger charge is -2.27. The summed E-state index contributed by atoms with van der Waals surface area (Å²) in [5.41, 5.74) is 0.716. The zero-order valence-corrected chi connectivity index (χ0v) is 14.5. The molecule has 6 nitrogen and oxygen atoms in total. The zero-order valence-electron chi connectivity index (χ0n) is 14.5. The van der Waals surface area contributed by atoms with Gasteiger partial charge in [-0.1, -0.05) is 12.1 Å². The molecule has 0 spiro atoms. The minimum atomic E-state index is -1.28. The van der Waals surface area contributed by atoms with Crippen LogP contribution in [0.2, 0.25) is 0 Å². The van der Waals surface area contributed by atoms with Gasteiger partial charge in [-0.2, -0.15) is 5.26 Å². The summed E-state index contributed by atoms with van der Waals surface area (Å²) >= 11 is 0. The number of ether oxygens (including phenoxy) is 2. The number of benzene rings is 1. The van der Waals surface area contributed by atoms with E-state index in [1.807, 2.05) is 6.07 Å². The Morgan fingerprint density at radius 2 is 1.84 bits per heavy atom. The van der Waals surface area contributed by atoms with Gasteiger partial charge in [-0.3, -0.25) is 9.59 Å². The number of methoxy groups -OCH3 is 2. The lowest BCUT2D eigenvalue weighted by atomic mass is 10.0. The van der Waals surface area contributed by atoms with Gasteiger partial charge in [-0.25, -0.2) is 0 Å². The van der Waals surface area contributed by atoms with Crippen LogP contribution in [0.3, 0.4) is 0 Å². The van der Waals surface area contributed by atoms with E-state index < -0.39 is 17.6 Å². The highest BCUT2D eigenvalue weighted by atomic mass is 16.5. The van der Waals surface area contributed by atoms with Gasteiger partial charge < -0.3 is 14.4 Å². The second kappa shape index (κ2) is 8.88. The molecule has 1 heterocycles. The maximum atomic E-state index is 12.4. The number of amides is 1. The molecular formula is C19H22N2O4. The largest absolute Gasteiger partial charge is 0.493 e. The van der Waals surface area contributed by atoms with Crippen LogP contribution in [0.4, 0.5) is 0 Å². The molecular weight excluding hydrogens is 320 g/mol. The third-order valence-electron chi connectivity index (χ3n) is 4.18. The fourth-order valence-corrected chi connectivity index (χ4v) is 2.77. The molecule has 0 bridgehead atoms. The monoisotopic (exact) mass is 342 g/mol. The summed E-state index contributed by atoms with van der Waals surface area (Å²) in [4.78, 5) is 26.3. The molecule has 0 radical (unpaired) electrons. The summed E-state index contributed by atoms with van der Waals surface area (Å²) in [7, 11) is 3.07. The summed E-state index contributed by atoms with van der Waals surface area (Å²) in [6.45, 7) is 1.23. The van der Waals surface area contributed by atoms with E-state index in [1.165, 1.54) is 13.2 Å². The lowest BCUT2D eigenvalue weighted by molar-refractivity contribution is -0.138. The van der Waals surface area contributed by atoms with Crippen molar-refractivity contribution in [2.45, 2.75) is 19.3 Å². The van der Waals surface area contributed by atoms with Crippen LogP contribution in [0.1, 0.15) is 24.8 Å². The Morgan fingerprint density at radius 1 is 1.16 bits per heavy atom. The minimum absolute atomic E-state index is 0.399. The molecule has 0 aromatic heterocycles. The number of likely N-dealkylation sites (tertiary alicyclic amines) is 1. The Bertz CT molecular complexity index is 700. The van der Waals surface area contributed by atoms with Crippen molar-refractivity contribution < 1.29 is 19.1 Å². The van der Waals surface area contributed by atoms with E-state index in [1.54, 1.807) is 36.3 Å². The molecule has 0 saturated carbocycles. The number of hydrogen-bond acceptors (Lipinski definition) is 5. The van der Waals surface area contributed by atoms with Crippen LogP contribution in [0.5, 0.6) is 11.5 Å². The normalized spacial score (nSPS) is 15.5. The van der Waals surface area contributed by atoms with Crippen molar-refractivity contribution in [3.8, 4) is 17.6 Å². The second-order valence-corrected chi connectivity index (χ2v) is 5.80. The van der Waals surface area contributed by atoms with Crippen LogP contribution in [-0.4, -0.2) is 43.9 Å². The van der Waals surface area contributed by atoms with E-state index in [0.29, 0.717) is 30.2 Å². The average Bonchev–Trinajstić information content (AvgIpc) is 2.67. The molecule has 2 rings (SSSR count). The minimum Gasteiger partial charge on any atom is -0.493 e. The number of piperidine rings is 1. The van der Waals surface area contributed by atoms with Gasteiger partial charge >= 0.3 is 0 Å². The Hall–Kier alpha value is -2.81. The number of allylic oxidation sites excluding steroid dienone is 1. The second-order valence-electron chi connectivity index (χ2n) is 5.80. The third-order valence-corrected chi connectivity index (χ3v) is 4.18. The molecule has 1 fully saturated rings. The van der Waals surface area contributed by atoms with Gasteiger partial charge in [-0.15, -0.1) is 0 Å². The Balaban J connectivity index is 2.09. The molecule has 1 aliphatic heterocycles. The van der Waals surface area contributed by atoms with Crippen molar-refractivity contribution >= 4 is 17.8 Å². The van der Waals surface area contributed by atoms with E-state index >= 15 is 0 Å². The van der Waals surface area contributed by atoms with Gasteiger partial charge in [0, 0.05) is 13.1 Å². The fourth-order valence-electron chi connectivity index (χ4n) is 2.77. The number of carbonyl (C=O) groups is 2. The van der Waals surface area contributed by atoms with Gasteiger partial charge in [0.25, 0.3) is 0 Å². The van der Waals surface area contributed by atoms with Crippen molar-refractivity contribution in [3.05, 3.63) is 29.8 Å². The van der Waals surface area contributed by atoms with Gasteiger partial charge in [0.05, 0.1) is 20.3 Å². The first-order chi connectivity index (χ1) is 12.1. The highest BCUT2D eigenvalue weighted by molar-refractivity contribution is 6.10. The predicted molar refractivity (Wildman–Crippen MR) is 93.1 cm³/mol. The molecule has 1 saturated heterocycles. The van der Waals surface area contributed by atoms with Gasteiger partial charge in [0.15, 0.2) is 23.2 Å². The summed E-state index contributed by atoms with van der Waals surface area (Å²) in [6.07, 6.45) is 5.75. The molecule has 1 amide bonds. The van der Waals surface area contributed by atoms with Crippen LogP contribution in [-0.2, 0) is 9.59 Å². The number of nitrogens with zero attached hydrogens (tertiary/aromatic N) is 2. The molecule has 1 aromatic carbocycles. The Kier molecular flexibility index (Phi) is 6.58. The number of rotatable bonds is 6. The number of ketones is 1. The van der Waals surface area contributed by atoms with Crippen molar-refractivity contribution in [3.63, 3.8) is 0 Å². The average molecular weight is 342 g/mol. The van der Waals surface area contributed by atoms with Crippen LogP contribution in [0.15, 0.2) is 24.3 Å². The first-order valence-electron chi connectivity index (χ1n) is 8.23. The summed E-state index contributed by atoms with van der Waals surface area (Å²) < 4.78 is 10.4.